The fourth-order valence-electron chi connectivity index (χ4n) is 2.69. The molecule has 0 aromatic heterocycles. The molecule has 1 aliphatic heterocycles. The van der Waals surface area contributed by atoms with E-state index >= 15 is 0 Å². The first kappa shape index (κ1) is 11.9. The smallest absolute Gasteiger partial charge is 0.223 e. The fourth-order valence-corrected chi connectivity index (χ4v) is 2.69. The first-order valence-electron chi connectivity index (χ1n) is 6.34. The van der Waals surface area contributed by atoms with Crippen molar-refractivity contribution in [3.63, 3.8) is 0 Å². The highest BCUT2D eigenvalue weighted by Crippen LogP contribution is 2.24. The van der Waals surface area contributed by atoms with Gasteiger partial charge in [0.1, 0.15) is 0 Å². The van der Waals surface area contributed by atoms with E-state index in [1.807, 2.05) is 6.92 Å². The minimum atomic E-state index is 0.122. The molecule has 0 radical (unpaired) electrons. The Morgan fingerprint density at radius 2 is 2.19 bits per heavy atom. The van der Waals surface area contributed by atoms with Crippen molar-refractivity contribution < 1.29 is 9.53 Å². The second kappa shape index (κ2) is 5.15. The molecule has 4 heteroatoms. The number of ether oxygens (including phenoxy) is 1. The standard InChI is InChI=1S/C12H22N2O2/c1-8-11(5-6-16-8)14-12(15)9-3-2-4-10(13)7-9/h8-11H,2-7,13H2,1H3,(H,14,15). The van der Waals surface area contributed by atoms with E-state index in [9.17, 15) is 4.79 Å². The van der Waals surface area contributed by atoms with Gasteiger partial charge >= 0.3 is 0 Å². The van der Waals surface area contributed by atoms with E-state index in [0.29, 0.717) is 0 Å². The zero-order chi connectivity index (χ0) is 11.5. The normalized spacial score (nSPS) is 39.6. The van der Waals surface area contributed by atoms with Gasteiger partial charge in [0.2, 0.25) is 5.91 Å². The van der Waals surface area contributed by atoms with Crippen LogP contribution in [0.5, 0.6) is 0 Å². The van der Waals surface area contributed by atoms with Gasteiger partial charge in [-0.05, 0) is 32.6 Å². The summed E-state index contributed by atoms with van der Waals surface area (Å²) in [6.45, 7) is 2.78. The van der Waals surface area contributed by atoms with Gasteiger partial charge in [0.25, 0.3) is 0 Å². The highest BCUT2D eigenvalue weighted by molar-refractivity contribution is 5.79. The topological polar surface area (TPSA) is 64.3 Å². The van der Waals surface area contributed by atoms with Crippen LogP contribution in [0.15, 0.2) is 0 Å². The highest BCUT2D eigenvalue weighted by atomic mass is 16.5. The molecule has 16 heavy (non-hydrogen) atoms. The largest absolute Gasteiger partial charge is 0.376 e. The Balaban J connectivity index is 1.82. The second-order valence-electron chi connectivity index (χ2n) is 5.10. The molecule has 0 aromatic carbocycles. The van der Waals surface area contributed by atoms with Crippen molar-refractivity contribution in [3.8, 4) is 0 Å². The fraction of sp³-hybridized carbons (Fsp3) is 0.917. The summed E-state index contributed by atoms with van der Waals surface area (Å²) in [5, 5.41) is 3.10. The Morgan fingerprint density at radius 1 is 1.38 bits per heavy atom. The Labute approximate surface area is 96.9 Å². The number of hydrogen-bond donors (Lipinski definition) is 2. The number of rotatable bonds is 2. The molecule has 0 bridgehead atoms. The zero-order valence-electron chi connectivity index (χ0n) is 9.95. The molecule has 2 fully saturated rings. The molecule has 92 valence electrons. The van der Waals surface area contributed by atoms with Crippen molar-refractivity contribution in [1.29, 1.82) is 0 Å². The van der Waals surface area contributed by atoms with Gasteiger partial charge in [-0.1, -0.05) is 6.42 Å². The Bertz CT molecular complexity index is 257. The van der Waals surface area contributed by atoms with Crippen LogP contribution in [0.4, 0.5) is 0 Å². The molecular weight excluding hydrogens is 204 g/mol. The lowest BCUT2D eigenvalue weighted by Gasteiger charge is -2.27. The number of nitrogens with two attached hydrogens (primary N) is 1. The molecular formula is C12H22N2O2. The average molecular weight is 226 g/mol. The lowest BCUT2D eigenvalue weighted by Crippen LogP contribution is -2.44. The van der Waals surface area contributed by atoms with Gasteiger partial charge in [0, 0.05) is 18.6 Å². The molecule has 3 N–H and O–H groups in total. The number of carbonyl (C=O) groups is 1. The van der Waals surface area contributed by atoms with Gasteiger partial charge in [-0.15, -0.1) is 0 Å². The van der Waals surface area contributed by atoms with Crippen molar-refractivity contribution in [1.82, 2.24) is 5.32 Å². The summed E-state index contributed by atoms with van der Waals surface area (Å²) in [6, 6.07) is 0.410. The maximum atomic E-state index is 12.0. The first-order valence-corrected chi connectivity index (χ1v) is 6.34. The van der Waals surface area contributed by atoms with Crippen LogP contribution < -0.4 is 11.1 Å². The Kier molecular flexibility index (Phi) is 3.82. The van der Waals surface area contributed by atoms with Gasteiger partial charge in [-0.2, -0.15) is 0 Å². The molecule has 1 heterocycles. The van der Waals surface area contributed by atoms with E-state index in [4.69, 9.17) is 10.5 Å². The van der Waals surface area contributed by atoms with Gasteiger partial charge in [0.05, 0.1) is 12.1 Å². The second-order valence-corrected chi connectivity index (χ2v) is 5.10. The number of nitrogens with one attached hydrogen (secondary N) is 1. The quantitative estimate of drug-likeness (QED) is 0.732. The average Bonchev–Trinajstić information content (AvgIpc) is 2.64. The van der Waals surface area contributed by atoms with E-state index in [-0.39, 0.29) is 30.0 Å². The minimum Gasteiger partial charge on any atom is -0.376 e. The van der Waals surface area contributed by atoms with E-state index in [1.165, 1.54) is 0 Å². The maximum absolute atomic E-state index is 12.0. The van der Waals surface area contributed by atoms with Gasteiger partial charge in [0.15, 0.2) is 0 Å². The summed E-state index contributed by atoms with van der Waals surface area (Å²) in [7, 11) is 0. The Morgan fingerprint density at radius 3 is 2.81 bits per heavy atom. The highest BCUT2D eigenvalue weighted by Gasteiger charge is 2.30. The lowest BCUT2D eigenvalue weighted by atomic mass is 9.85. The lowest BCUT2D eigenvalue weighted by molar-refractivity contribution is -0.127. The SMILES string of the molecule is CC1OCCC1NC(=O)C1CCCC(N)C1. The molecule has 1 aliphatic carbocycles. The summed E-state index contributed by atoms with van der Waals surface area (Å²) in [6.07, 6.45) is 5.06. The predicted molar refractivity (Wildman–Crippen MR) is 61.9 cm³/mol. The van der Waals surface area contributed by atoms with Crippen LogP contribution in [-0.4, -0.2) is 30.7 Å². The number of hydrogen-bond acceptors (Lipinski definition) is 3. The molecule has 0 spiro atoms. The minimum absolute atomic E-state index is 0.122. The third kappa shape index (κ3) is 2.74. The molecule has 1 saturated carbocycles. The van der Waals surface area contributed by atoms with Crippen LogP contribution in [0.25, 0.3) is 0 Å². The third-order valence-corrected chi connectivity index (χ3v) is 3.79. The monoisotopic (exact) mass is 226 g/mol. The van der Waals surface area contributed by atoms with Crippen molar-refractivity contribution in [2.45, 2.75) is 57.2 Å². The van der Waals surface area contributed by atoms with Crippen LogP contribution in [0.3, 0.4) is 0 Å². The predicted octanol–water partition coefficient (Wildman–Crippen LogP) is 0.797. The van der Waals surface area contributed by atoms with Crippen LogP contribution in [-0.2, 0) is 9.53 Å². The summed E-state index contributed by atoms with van der Waals surface area (Å²) in [5.41, 5.74) is 5.89. The summed E-state index contributed by atoms with van der Waals surface area (Å²) in [4.78, 5) is 12.0. The van der Waals surface area contributed by atoms with Gasteiger partial charge in [-0.25, -0.2) is 0 Å². The Hall–Kier alpha value is -0.610. The van der Waals surface area contributed by atoms with Crippen LogP contribution in [0.2, 0.25) is 0 Å². The molecule has 4 nitrogen and oxygen atoms in total. The van der Waals surface area contributed by atoms with Gasteiger partial charge < -0.3 is 15.8 Å². The third-order valence-electron chi connectivity index (χ3n) is 3.79. The molecule has 2 rings (SSSR count). The molecule has 4 unspecified atom stereocenters. The maximum Gasteiger partial charge on any atom is 0.223 e. The summed E-state index contributed by atoms with van der Waals surface area (Å²) >= 11 is 0. The van der Waals surface area contributed by atoms with Crippen LogP contribution in [0.1, 0.15) is 39.0 Å². The van der Waals surface area contributed by atoms with E-state index in [2.05, 4.69) is 5.32 Å². The summed E-state index contributed by atoms with van der Waals surface area (Å²) in [5.74, 6) is 0.300. The van der Waals surface area contributed by atoms with E-state index in [1.54, 1.807) is 0 Å². The van der Waals surface area contributed by atoms with Crippen LogP contribution >= 0.6 is 0 Å². The summed E-state index contributed by atoms with van der Waals surface area (Å²) < 4.78 is 5.44. The van der Waals surface area contributed by atoms with Crippen molar-refractivity contribution in [3.05, 3.63) is 0 Å². The molecule has 2 aliphatic rings. The van der Waals surface area contributed by atoms with Gasteiger partial charge in [-0.3, -0.25) is 4.79 Å². The number of carbonyl (C=O) groups excluding carboxylic acids is 1. The van der Waals surface area contributed by atoms with Crippen LogP contribution in [0, 0.1) is 5.92 Å². The van der Waals surface area contributed by atoms with Crippen molar-refractivity contribution in [2.75, 3.05) is 6.61 Å². The first-order chi connectivity index (χ1) is 7.66. The van der Waals surface area contributed by atoms with E-state index < -0.39 is 0 Å². The zero-order valence-corrected chi connectivity index (χ0v) is 9.95. The van der Waals surface area contributed by atoms with E-state index in [0.717, 1.165) is 38.7 Å². The van der Waals surface area contributed by atoms with Crippen molar-refractivity contribution >= 4 is 5.91 Å². The van der Waals surface area contributed by atoms with Crippen molar-refractivity contribution in [2.24, 2.45) is 11.7 Å². The molecule has 0 aromatic rings. The number of amides is 1. The molecule has 4 atom stereocenters. The molecule has 1 saturated heterocycles. The molecule has 1 amide bonds.